The Kier molecular flexibility index (Phi) is 2.23. The number of phenols is 1. The molecule has 4 nitrogen and oxygen atoms in total. The summed E-state index contributed by atoms with van der Waals surface area (Å²) < 4.78 is 5.61. The lowest BCUT2D eigenvalue weighted by molar-refractivity contribution is 0.0693. The minimum atomic E-state index is -1.06. The summed E-state index contributed by atoms with van der Waals surface area (Å²) in [6.07, 6.45) is 0.471. The van der Waals surface area contributed by atoms with Crippen molar-refractivity contribution in [3.8, 4) is 17.2 Å². The Labute approximate surface area is 103 Å². The average molecular weight is 242 g/mol. The van der Waals surface area contributed by atoms with E-state index in [1.54, 1.807) is 6.07 Å². The molecule has 0 atom stereocenters. The molecule has 0 bridgehead atoms. The number of rotatable bonds is 1. The largest absolute Gasteiger partial charge is 0.508 e. The molecule has 0 aromatic heterocycles. The molecule has 18 heavy (non-hydrogen) atoms. The Morgan fingerprint density at radius 1 is 1.17 bits per heavy atom. The molecular formula is C14H10O4. The fourth-order valence-electron chi connectivity index (χ4n) is 2.12. The molecular weight excluding hydrogens is 232 g/mol. The third-order valence-corrected chi connectivity index (χ3v) is 3.02. The van der Waals surface area contributed by atoms with Crippen LogP contribution in [-0.4, -0.2) is 16.2 Å². The number of benzene rings is 2. The lowest BCUT2D eigenvalue weighted by atomic mass is 9.97. The minimum absolute atomic E-state index is 0.0597. The molecule has 0 unspecified atom stereocenters. The van der Waals surface area contributed by atoms with Crippen molar-refractivity contribution in [2.75, 3.05) is 0 Å². The maximum Gasteiger partial charge on any atom is 0.339 e. The number of carboxylic acids is 1. The van der Waals surface area contributed by atoms with Gasteiger partial charge in [0, 0.05) is 12.0 Å². The molecule has 1 heterocycles. The van der Waals surface area contributed by atoms with Crippen LogP contribution < -0.4 is 4.74 Å². The number of aromatic hydroxyl groups is 1. The molecule has 0 amide bonds. The van der Waals surface area contributed by atoms with Crippen LogP contribution in [0.2, 0.25) is 0 Å². The first-order valence-corrected chi connectivity index (χ1v) is 5.50. The number of hydrogen-bond acceptors (Lipinski definition) is 3. The minimum Gasteiger partial charge on any atom is -0.508 e. The molecule has 0 spiro atoms. The number of para-hydroxylation sites is 1. The maximum absolute atomic E-state index is 11.1. The highest BCUT2D eigenvalue weighted by Crippen LogP contribution is 2.42. The highest BCUT2D eigenvalue weighted by molar-refractivity contribution is 5.92. The summed E-state index contributed by atoms with van der Waals surface area (Å²) in [5.74, 6) is -0.130. The van der Waals surface area contributed by atoms with E-state index in [0.29, 0.717) is 17.7 Å². The average Bonchev–Trinajstić information content (AvgIpc) is 2.37. The summed E-state index contributed by atoms with van der Waals surface area (Å²) >= 11 is 0. The number of carbonyl (C=O) groups is 1. The van der Waals surface area contributed by atoms with Crippen LogP contribution in [0.1, 0.15) is 21.5 Å². The Hall–Kier alpha value is -2.49. The van der Waals surface area contributed by atoms with Gasteiger partial charge in [-0.15, -0.1) is 0 Å². The molecule has 1 aliphatic heterocycles. The van der Waals surface area contributed by atoms with Crippen molar-refractivity contribution in [3.63, 3.8) is 0 Å². The summed E-state index contributed by atoms with van der Waals surface area (Å²) in [4.78, 5) is 11.1. The first-order chi connectivity index (χ1) is 8.66. The van der Waals surface area contributed by atoms with E-state index < -0.39 is 5.97 Å². The van der Waals surface area contributed by atoms with Crippen molar-refractivity contribution < 1.29 is 19.7 Å². The molecule has 2 N–H and O–H groups in total. The SMILES string of the molecule is O=C(O)c1ccc(O)c2c1Oc1ccccc1C2. The molecule has 3 rings (SSSR count). The summed E-state index contributed by atoms with van der Waals surface area (Å²) in [7, 11) is 0. The van der Waals surface area contributed by atoms with Crippen LogP contribution in [0.15, 0.2) is 36.4 Å². The lowest BCUT2D eigenvalue weighted by Crippen LogP contribution is -2.08. The number of ether oxygens (including phenoxy) is 1. The van der Waals surface area contributed by atoms with Crippen molar-refractivity contribution in [1.29, 1.82) is 0 Å². The second-order valence-electron chi connectivity index (χ2n) is 4.13. The molecule has 90 valence electrons. The van der Waals surface area contributed by atoms with E-state index in [9.17, 15) is 9.90 Å². The van der Waals surface area contributed by atoms with Crippen LogP contribution >= 0.6 is 0 Å². The van der Waals surface area contributed by atoms with Crippen LogP contribution in [0, 0.1) is 0 Å². The third-order valence-electron chi connectivity index (χ3n) is 3.02. The smallest absolute Gasteiger partial charge is 0.339 e. The number of fused-ring (bicyclic) bond motifs is 2. The predicted octanol–water partition coefficient (Wildman–Crippen LogP) is 2.79. The monoisotopic (exact) mass is 242 g/mol. The van der Waals surface area contributed by atoms with Gasteiger partial charge >= 0.3 is 5.97 Å². The maximum atomic E-state index is 11.1. The Morgan fingerprint density at radius 3 is 2.72 bits per heavy atom. The fourth-order valence-corrected chi connectivity index (χ4v) is 2.12. The van der Waals surface area contributed by atoms with Gasteiger partial charge in [0.1, 0.15) is 22.8 Å². The zero-order valence-corrected chi connectivity index (χ0v) is 9.38. The Morgan fingerprint density at radius 2 is 1.94 bits per heavy atom. The summed E-state index contributed by atoms with van der Waals surface area (Å²) in [6, 6.07) is 10.1. The van der Waals surface area contributed by atoms with Crippen molar-refractivity contribution in [1.82, 2.24) is 0 Å². The van der Waals surface area contributed by atoms with Crippen molar-refractivity contribution >= 4 is 5.97 Å². The van der Waals surface area contributed by atoms with Gasteiger partial charge in [-0.2, -0.15) is 0 Å². The van der Waals surface area contributed by atoms with E-state index in [2.05, 4.69) is 0 Å². The van der Waals surface area contributed by atoms with Crippen LogP contribution in [0.25, 0.3) is 0 Å². The van der Waals surface area contributed by atoms with Crippen molar-refractivity contribution in [3.05, 3.63) is 53.1 Å². The standard InChI is InChI=1S/C14H10O4/c15-11-6-5-9(14(16)17)13-10(11)7-8-3-1-2-4-12(8)18-13/h1-6,15H,7H2,(H,16,17). The van der Waals surface area contributed by atoms with Gasteiger partial charge in [-0.25, -0.2) is 4.79 Å². The lowest BCUT2D eigenvalue weighted by Gasteiger charge is -2.22. The van der Waals surface area contributed by atoms with Crippen LogP contribution in [-0.2, 0) is 6.42 Å². The van der Waals surface area contributed by atoms with Crippen LogP contribution in [0.4, 0.5) is 0 Å². The Bertz CT molecular complexity index is 646. The van der Waals surface area contributed by atoms with Gasteiger partial charge < -0.3 is 14.9 Å². The molecule has 0 saturated heterocycles. The molecule has 2 aromatic carbocycles. The number of phenolic OH excluding ortho intramolecular Hbond substituents is 1. The highest BCUT2D eigenvalue weighted by Gasteiger charge is 2.25. The van der Waals surface area contributed by atoms with E-state index in [0.717, 1.165) is 5.56 Å². The summed E-state index contributed by atoms with van der Waals surface area (Å²) in [5, 5.41) is 18.9. The first-order valence-electron chi connectivity index (χ1n) is 5.50. The number of carboxylic acid groups (broad SMARTS) is 1. The fraction of sp³-hybridized carbons (Fsp3) is 0.0714. The zero-order chi connectivity index (χ0) is 12.7. The van der Waals surface area contributed by atoms with E-state index in [4.69, 9.17) is 9.84 Å². The summed E-state index contributed by atoms with van der Waals surface area (Å²) in [5.41, 5.74) is 1.52. The first kappa shape index (κ1) is 10.7. The second kappa shape index (κ2) is 3.77. The van der Waals surface area contributed by atoms with E-state index in [1.165, 1.54) is 12.1 Å². The van der Waals surface area contributed by atoms with Gasteiger partial charge in [0.2, 0.25) is 0 Å². The molecule has 4 heteroatoms. The number of hydrogen-bond donors (Lipinski definition) is 2. The van der Waals surface area contributed by atoms with Gasteiger partial charge in [-0.1, -0.05) is 18.2 Å². The molecule has 1 aliphatic rings. The third kappa shape index (κ3) is 1.50. The van der Waals surface area contributed by atoms with E-state index >= 15 is 0 Å². The highest BCUT2D eigenvalue weighted by atomic mass is 16.5. The zero-order valence-electron chi connectivity index (χ0n) is 9.38. The molecule has 0 fully saturated rings. The normalized spacial score (nSPS) is 12.2. The van der Waals surface area contributed by atoms with Gasteiger partial charge in [0.25, 0.3) is 0 Å². The molecule has 0 radical (unpaired) electrons. The quantitative estimate of drug-likeness (QED) is 0.688. The van der Waals surface area contributed by atoms with E-state index in [-0.39, 0.29) is 17.1 Å². The topological polar surface area (TPSA) is 66.8 Å². The van der Waals surface area contributed by atoms with Gasteiger partial charge in [-0.3, -0.25) is 0 Å². The van der Waals surface area contributed by atoms with Crippen LogP contribution in [0.5, 0.6) is 17.2 Å². The van der Waals surface area contributed by atoms with E-state index in [1.807, 2.05) is 18.2 Å². The van der Waals surface area contributed by atoms with Gasteiger partial charge in [0.15, 0.2) is 0 Å². The molecule has 0 aliphatic carbocycles. The summed E-state index contributed by atoms with van der Waals surface area (Å²) in [6.45, 7) is 0. The van der Waals surface area contributed by atoms with Crippen molar-refractivity contribution in [2.24, 2.45) is 0 Å². The number of aromatic carboxylic acids is 1. The molecule has 0 saturated carbocycles. The Balaban J connectivity index is 2.20. The van der Waals surface area contributed by atoms with Gasteiger partial charge in [-0.05, 0) is 23.8 Å². The predicted molar refractivity (Wildman–Crippen MR) is 64.4 cm³/mol. The van der Waals surface area contributed by atoms with Crippen molar-refractivity contribution in [2.45, 2.75) is 6.42 Å². The van der Waals surface area contributed by atoms with Crippen LogP contribution in [0.3, 0.4) is 0 Å². The van der Waals surface area contributed by atoms with Gasteiger partial charge in [0.05, 0.1) is 0 Å². The second-order valence-corrected chi connectivity index (χ2v) is 4.13. The molecule has 2 aromatic rings.